The van der Waals surface area contributed by atoms with Gasteiger partial charge in [-0.05, 0) is 44.2 Å². The van der Waals surface area contributed by atoms with Gasteiger partial charge < -0.3 is 5.73 Å². The van der Waals surface area contributed by atoms with Gasteiger partial charge in [0.25, 0.3) is 0 Å². The topological polar surface area (TPSA) is 73.8 Å². The number of primary amides is 1. The molecule has 7 heteroatoms. The molecule has 2 aromatic carbocycles. The van der Waals surface area contributed by atoms with Gasteiger partial charge in [-0.2, -0.15) is 0 Å². The number of aromatic nitrogens is 3. The smallest absolute Gasteiger partial charge is 0.230 e. The van der Waals surface area contributed by atoms with Crippen molar-refractivity contribution in [3.05, 3.63) is 59.1 Å². The summed E-state index contributed by atoms with van der Waals surface area (Å²) in [6, 6.07) is 15.4. The molecule has 3 rings (SSSR count). The van der Waals surface area contributed by atoms with Gasteiger partial charge in [-0.15, -0.1) is 10.2 Å². The number of benzene rings is 2. The molecule has 1 heterocycles. The van der Waals surface area contributed by atoms with E-state index < -0.39 is 11.2 Å². The van der Waals surface area contributed by atoms with Crippen molar-refractivity contribution in [1.82, 2.24) is 14.8 Å². The molecule has 0 radical (unpaired) electrons. The summed E-state index contributed by atoms with van der Waals surface area (Å²) in [5.41, 5.74) is 8.33. The maximum Gasteiger partial charge on any atom is 0.230 e. The van der Waals surface area contributed by atoms with Crippen molar-refractivity contribution in [2.24, 2.45) is 5.73 Å². The molecule has 25 heavy (non-hydrogen) atoms. The highest BCUT2D eigenvalue weighted by molar-refractivity contribution is 8.00. The van der Waals surface area contributed by atoms with Gasteiger partial charge in [0.15, 0.2) is 11.0 Å². The van der Waals surface area contributed by atoms with Crippen LogP contribution >= 0.6 is 23.4 Å². The van der Waals surface area contributed by atoms with Crippen LogP contribution in [0.2, 0.25) is 5.02 Å². The van der Waals surface area contributed by atoms with Gasteiger partial charge in [0, 0.05) is 16.3 Å². The summed E-state index contributed by atoms with van der Waals surface area (Å²) in [4.78, 5) is 11.4. The van der Waals surface area contributed by atoms with E-state index in [9.17, 15) is 4.79 Å². The summed E-state index contributed by atoms with van der Waals surface area (Å²) in [6.45, 7) is 3.78. The first kappa shape index (κ1) is 17.5. The van der Waals surface area contributed by atoms with Gasteiger partial charge in [-0.1, -0.05) is 47.1 Å². The quantitative estimate of drug-likeness (QED) is 0.690. The van der Waals surface area contributed by atoms with Crippen molar-refractivity contribution in [2.75, 3.05) is 0 Å². The maximum absolute atomic E-state index is 11.4. The molecule has 0 bridgehead atoms. The predicted molar refractivity (Wildman–Crippen MR) is 101 cm³/mol. The molecule has 0 fully saturated rings. The van der Waals surface area contributed by atoms with Crippen molar-refractivity contribution < 1.29 is 4.79 Å². The lowest BCUT2D eigenvalue weighted by molar-refractivity contribution is -0.117. The van der Waals surface area contributed by atoms with Crippen LogP contribution in [0.25, 0.3) is 17.1 Å². The van der Waals surface area contributed by atoms with Crippen molar-refractivity contribution in [3.8, 4) is 17.1 Å². The first-order valence-corrected chi connectivity index (χ1v) is 8.96. The van der Waals surface area contributed by atoms with Gasteiger partial charge in [-0.25, -0.2) is 0 Å². The normalized spacial score (nSPS) is 12.1. The van der Waals surface area contributed by atoms with Gasteiger partial charge in [0.1, 0.15) is 0 Å². The minimum absolute atomic E-state index is 0.396. The highest BCUT2D eigenvalue weighted by atomic mass is 35.5. The Bertz CT molecular complexity index is 908. The Labute approximate surface area is 155 Å². The largest absolute Gasteiger partial charge is 0.369 e. The number of hydrogen-bond acceptors (Lipinski definition) is 4. The molecule has 1 aromatic heterocycles. The predicted octanol–water partition coefficient (Wildman–Crippen LogP) is 3.86. The number of nitrogens with zero attached hydrogens (tertiary/aromatic N) is 3. The lowest BCUT2D eigenvalue weighted by Crippen LogP contribution is -2.23. The van der Waals surface area contributed by atoms with E-state index in [2.05, 4.69) is 10.2 Å². The summed E-state index contributed by atoms with van der Waals surface area (Å²) < 4.78 is 1.91. The minimum atomic E-state index is -0.416. The molecule has 1 atom stereocenters. The van der Waals surface area contributed by atoms with Crippen molar-refractivity contribution in [3.63, 3.8) is 0 Å². The SMILES string of the molecule is Cc1cccc(-c2nnc(SC(C)C(N)=O)n2-c2ccc(Cl)cc2)c1. The van der Waals surface area contributed by atoms with Crippen LogP contribution in [0.5, 0.6) is 0 Å². The maximum atomic E-state index is 11.4. The Hall–Kier alpha value is -2.31. The summed E-state index contributed by atoms with van der Waals surface area (Å²) >= 11 is 7.29. The van der Waals surface area contributed by atoms with Crippen LogP contribution < -0.4 is 5.73 Å². The first-order chi connectivity index (χ1) is 12.0. The molecule has 0 aliphatic heterocycles. The Morgan fingerprint density at radius 3 is 2.56 bits per heavy atom. The van der Waals surface area contributed by atoms with E-state index in [1.165, 1.54) is 11.8 Å². The second-order valence-electron chi connectivity index (χ2n) is 5.65. The van der Waals surface area contributed by atoms with E-state index >= 15 is 0 Å². The molecule has 2 N–H and O–H groups in total. The Kier molecular flexibility index (Phi) is 5.11. The highest BCUT2D eigenvalue weighted by Crippen LogP contribution is 2.30. The number of carbonyl (C=O) groups excluding carboxylic acids is 1. The van der Waals surface area contributed by atoms with Crippen LogP contribution in [0, 0.1) is 6.92 Å². The number of halogens is 1. The van der Waals surface area contributed by atoms with Crippen molar-refractivity contribution in [2.45, 2.75) is 24.3 Å². The van der Waals surface area contributed by atoms with E-state index in [0.29, 0.717) is 16.0 Å². The molecule has 5 nitrogen and oxygen atoms in total. The van der Waals surface area contributed by atoms with Gasteiger partial charge in [0.2, 0.25) is 5.91 Å². The zero-order chi connectivity index (χ0) is 18.0. The average Bonchev–Trinajstić information content (AvgIpc) is 2.99. The van der Waals surface area contributed by atoms with Crippen LogP contribution in [0.4, 0.5) is 0 Å². The fourth-order valence-electron chi connectivity index (χ4n) is 2.36. The van der Waals surface area contributed by atoms with Crippen LogP contribution in [-0.4, -0.2) is 25.9 Å². The average molecular weight is 373 g/mol. The molecular formula is C18H17ClN4OS. The summed E-state index contributed by atoms with van der Waals surface area (Å²) in [7, 11) is 0. The summed E-state index contributed by atoms with van der Waals surface area (Å²) in [6.07, 6.45) is 0. The standard InChI is InChI=1S/C18H17ClN4OS/c1-11-4-3-5-13(10-11)17-21-22-18(25-12(2)16(20)24)23(17)15-8-6-14(19)7-9-15/h3-10,12H,1-2H3,(H2,20,24). The number of nitrogens with two attached hydrogens (primary N) is 1. The van der Waals surface area contributed by atoms with E-state index in [-0.39, 0.29) is 0 Å². The Morgan fingerprint density at radius 1 is 1.20 bits per heavy atom. The molecule has 1 amide bonds. The molecule has 0 saturated carbocycles. The second kappa shape index (κ2) is 7.29. The third-order valence-corrected chi connectivity index (χ3v) is 4.99. The van der Waals surface area contributed by atoms with Crippen LogP contribution in [-0.2, 0) is 4.79 Å². The van der Waals surface area contributed by atoms with E-state index in [1.54, 1.807) is 6.92 Å². The number of aryl methyl sites for hydroxylation is 1. The fraction of sp³-hybridized carbons (Fsp3) is 0.167. The Morgan fingerprint density at radius 2 is 1.92 bits per heavy atom. The number of carbonyl (C=O) groups is 1. The Balaban J connectivity index is 2.14. The molecule has 0 spiro atoms. The van der Waals surface area contributed by atoms with E-state index in [4.69, 9.17) is 17.3 Å². The monoisotopic (exact) mass is 372 g/mol. The second-order valence-corrected chi connectivity index (χ2v) is 7.39. The molecule has 0 saturated heterocycles. The zero-order valence-corrected chi connectivity index (χ0v) is 15.4. The lowest BCUT2D eigenvalue weighted by Gasteiger charge is -2.12. The molecular weight excluding hydrogens is 356 g/mol. The van der Waals surface area contributed by atoms with Crippen LogP contribution in [0.3, 0.4) is 0 Å². The molecule has 128 valence electrons. The van der Waals surface area contributed by atoms with Crippen molar-refractivity contribution in [1.29, 1.82) is 0 Å². The summed E-state index contributed by atoms with van der Waals surface area (Å²) in [5.74, 6) is 0.304. The van der Waals surface area contributed by atoms with Gasteiger partial charge >= 0.3 is 0 Å². The first-order valence-electron chi connectivity index (χ1n) is 7.70. The third-order valence-electron chi connectivity index (χ3n) is 3.68. The third kappa shape index (κ3) is 3.86. The lowest BCUT2D eigenvalue weighted by atomic mass is 10.1. The molecule has 0 aliphatic rings. The number of thioether (sulfide) groups is 1. The van der Waals surface area contributed by atoms with Crippen LogP contribution in [0.15, 0.2) is 53.7 Å². The fourth-order valence-corrected chi connectivity index (χ4v) is 3.30. The minimum Gasteiger partial charge on any atom is -0.369 e. The van der Waals surface area contributed by atoms with E-state index in [0.717, 1.165) is 16.8 Å². The van der Waals surface area contributed by atoms with Crippen molar-refractivity contribution >= 4 is 29.3 Å². The summed E-state index contributed by atoms with van der Waals surface area (Å²) in [5, 5.41) is 9.46. The van der Waals surface area contributed by atoms with Gasteiger partial charge in [0.05, 0.1) is 5.25 Å². The highest BCUT2D eigenvalue weighted by Gasteiger charge is 2.20. The van der Waals surface area contributed by atoms with E-state index in [1.807, 2.05) is 60.0 Å². The van der Waals surface area contributed by atoms with Gasteiger partial charge in [-0.3, -0.25) is 9.36 Å². The number of hydrogen-bond donors (Lipinski definition) is 1. The number of rotatable bonds is 5. The molecule has 3 aromatic rings. The van der Waals surface area contributed by atoms with Crippen LogP contribution in [0.1, 0.15) is 12.5 Å². The molecule has 1 unspecified atom stereocenters. The number of amides is 1. The zero-order valence-electron chi connectivity index (χ0n) is 13.8. The molecule has 0 aliphatic carbocycles.